The summed E-state index contributed by atoms with van der Waals surface area (Å²) in [6.45, 7) is 20.2. The Hall–Kier alpha value is -0.963. The molecule has 2 atom stereocenters. The molecule has 1 fully saturated rings. The standard InChI is InChI=1S/C22H41N3O3SSi/c1-15-16(14-27-30(8,9)22(5,6)7)24-19(29-15)18(23)17-12-10-11-13-25(17)20(26)28-21(2,3)4/h17-18H,10-14,23H2,1-9H3/t17-,18+/m1/s1. The van der Waals surface area contributed by atoms with Gasteiger partial charge in [0.1, 0.15) is 10.6 Å². The van der Waals surface area contributed by atoms with Gasteiger partial charge >= 0.3 is 6.09 Å². The van der Waals surface area contributed by atoms with E-state index in [4.69, 9.17) is 19.9 Å². The number of carbonyl (C=O) groups is 1. The molecule has 0 unspecified atom stereocenters. The van der Waals surface area contributed by atoms with Gasteiger partial charge in [-0.1, -0.05) is 20.8 Å². The summed E-state index contributed by atoms with van der Waals surface area (Å²) in [5.74, 6) is 0. The second-order valence-corrected chi connectivity index (χ2v) is 16.9. The van der Waals surface area contributed by atoms with E-state index in [9.17, 15) is 4.79 Å². The molecule has 0 bridgehead atoms. The van der Waals surface area contributed by atoms with E-state index >= 15 is 0 Å². The molecule has 8 heteroatoms. The van der Waals surface area contributed by atoms with Crippen LogP contribution in [0.5, 0.6) is 0 Å². The van der Waals surface area contributed by atoms with E-state index in [2.05, 4.69) is 40.8 Å². The van der Waals surface area contributed by atoms with Crippen molar-refractivity contribution in [2.45, 2.75) is 110 Å². The van der Waals surface area contributed by atoms with Crippen LogP contribution in [0, 0.1) is 6.92 Å². The number of hydrogen-bond donors (Lipinski definition) is 1. The fourth-order valence-electron chi connectivity index (χ4n) is 3.23. The van der Waals surface area contributed by atoms with Crippen molar-refractivity contribution < 1.29 is 14.0 Å². The third-order valence-electron chi connectivity index (χ3n) is 6.16. The van der Waals surface area contributed by atoms with Gasteiger partial charge in [0.15, 0.2) is 8.32 Å². The van der Waals surface area contributed by atoms with Crippen LogP contribution in [0.15, 0.2) is 0 Å². The summed E-state index contributed by atoms with van der Waals surface area (Å²) in [5, 5.41) is 1.04. The van der Waals surface area contributed by atoms with E-state index in [0.29, 0.717) is 13.2 Å². The molecule has 2 heterocycles. The Morgan fingerprint density at radius 1 is 1.27 bits per heavy atom. The second-order valence-electron chi connectivity index (χ2n) is 10.9. The number of nitrogens with two attached hydrogens (primary N) is 1. The number of ether oxygens (including phenoxy) is 1. The average molecular weight is 456 g/mol. The number of nitrogens with zero attached hydrogens (tertiary/aromatic N) is 2. The summed E-state index contributed by atoms with van der Waals surface area (Å²) in [6.07, 6.45) is 2.63. The highest BCUT2D eigenvalue weighted by Crippen LogP contribution is 2.38. The predicted molar refractivity (Wildman–Crippen MR) is 126 cm³/mol. The first-order valence-corrected chi connectivity index (χ1v) is 14.7. The number of aryl methyl sites for hydroxylation is 1. The van der Waals surface area contributed by atoms with E-state index in [1.165, 1.54) is 0 Å². The van der Waals surface area contributed by atoms with Crippen LogP contribution in [0.4, 0.5) is 4.79 Å². The van der Waals surface area contributed by atoms with Gasteiger partial charge < -0.3 is 19.8 Å². The molecule has 1 aliphatic heterocycles. The molecule has 172 valence electrons. The summed E-state index contributed by atoms with van der Waals surface area (Å²) in [5.41, 5.74) is 7.11. The van der Waals surface area contributed by atoms with E-state index in [1.54, 1.807) is 11.3 Å². The van der Waals surface area contributed by atoms with Crippen molar-refractivity contribution >= 4 is 25.7 Å². The van der Waals surface area contributed by atoms with Crippen molar-refractivity contribution in [2.24, 2.45) is 5.73 Å². The van der Waals surface area contributed by atoms with E-state index in [1.807, 2.05) is 25.7 Å². The topological polar surface area (TPSA) is 77.7 Å². The zero-order valence-corrected chi connectivity index (χ0v) is 22.1. The van der Waals surface area contributed by atoms with Gasteiger partial charge in [-0.25, -0.2) is 9.78 Å². The summed E-state index contributed by atoms with van der Waals surface area (Å²) >= 11 is 1.62. The lowest BCUT2D eigenvalue weighted by molar-refractivity contribution is 0.00646. The van der Waals surface area contributed by atoms with Crippen LogP contribution < -0.4 is 5.73 Å². The van der Waals surface area contributed by atoms with Crippen LogP contribution >= 0.6 is 11.3 Å². The molecule has 1 aromatic heterocycles. The van der Waals surface area contributed by atoms with Crippen LogP contribution in [0.3, 0.4) is 0 Å². The zero-order valence-electron chi connectivity index (χ0n) is 20.3. The Kier molecular flexibility index (Phi) is 7.81. The van der Waals surface area contributed by atoms with Crippen molar-refractivity contribution in [1.29, 1.82) is 0 Å². The van der Waals surface area contributed by atoms with Gasteiger partial charge in [0, 0.05) is 11.4 Å². The third-order valence-corrected chi connectivity index (χ3v) is 11.8. The minimum absolute atomic E-state index is 0.0895. The Bertz CT molecular complexity index is 737. The molecule has 0 saturated carbocycles. The molecule has 1 aliphatic rings. The van der Waals surface area contributed by atoms with E-state index < -0.39 is 13.9 Å². The zero-order chi connectivity index (χ0) is 22.9. The van der Waals surface area contributed by atoms with Crippen molar-refractivity contribution in [3.63, 3.8) is 0 Å². The monoisotopic (exact) mass is 455 g/mol. The van der Waals surface area contributed by atoms with Crippen LogP contribution in [-0.4, -0.2) is 42.5 Å². The van der Waals surface area contributed by atoms with Crippen LogP contribution in [0.2, 0.25) is 18.1 Å². The summed E-state index contributed by atoms with van der Waals surface area (Å²) < 4.78 is 12.0. The largest absolute Gasteiger partial charge is 0.444 e. The molecule has 1 saturated heterocycles. The molecule has 0 aromatic carbocycles. The molecule has 2 N–H and O–H groups in total. The van der Waals surface area contributed by atoms with Gasteiger partial charge in [-0.2, -0.15) is 0 Å². The molecule has 0 aliphatic carbocycles. The maximum absolute atomic E-state index is 12.8. The van der Waals surface area contributed by atoms with Gasteiger partial charge in [0.25, 0.3) is 0 Å². The van der Waals surface area contributed by atoms with Crippen molar-refractivity contribution in [2.75, 3.05) is 6.54 Å². The fourth-order valence-corrected chi connectivity index (χ4v) is 5.15. The predicted octanol–water partition coefficient (Wildman–Crippen LogP) is 5.76. The number of rotatable bonds is 5. The molecule has 2 rings (SSSR count). The Morgan fingerprint density at radius 3 is 2.47 bits per heavy atom. The summed E-state index contributed by atoms with van der Waals surface area (Å²) in [6, 6.07) is -0.406. The van der Waals surface area contributed by atoms with Crippen molar-refractivity contribution in [1.82, 2.24) is 9.88 Å². The number of amides is 1. The number of piperidine rings is 1. The first-order valence-electron chi connectivity index (χ1n) is 11.0. The van der Waals surface area contributed by atoms with Crippen LogP contribution in [0.1, 0.15) is 82.4 Å². The lowest BCUT2D eigenvalue weighted by atomic mass is 9.96. The fraction of sp³-hybridized carbons (Fsp3) is 0.818. The molecule has 1 amide bonds. The second kappa shape index (κ2) is 9.26. The Morgan fingerprint density at radius 2 is 1.90 bits per heavy atom. The maximum atomic E-state index is 12.8. The van der Waals surface area contributed by atoms with Gasteiger partial charge in [-0.05, 0) is 65.1 Å². The number of thiazole rings is 1. The third kappa shape index (κ3) is 6.28. The molecule has 30 heavy (non-hydrogen) atoms. The number of carbonyl (C=O) groups excluding carboxylic acids is 1. The van der Waals surface area contributed by atoms with Crippen molar-refractivity contribution in [3.8, 4) is 0 Å². The quantitative estimate of drug-likeness (QED) is 0.571. The molecule has 0 radical (unpaired) electrons. The normalized spacial score (nSPS) is 19.7. The number of likely N-dealkylation sites (tertiary alicyclic amines) is 1. The molecule has 1 aromatic rings. The number of hydrogen-bond acceptors (Lipinski definition) is 6. The van der Waals surface area contributed by atoms with Crippen LogP contribution in [0.25, 0.3) is 0 Å². The molecular formula is C22H41N3O3SSi. The van der Waals surface area contributed by atoms with Crippen molar-refractivity contribution in [3.05, 3.63) is 15.6 Å². The first kappa shape index (κ1) is 25.3. The molecular weight excluding hydrogens is 414 g/mol. The van der Waals surface area contributed by atoms with Gasteiger partial charge in [0.2, 0.25) is 0 Å². The molecule has 0 spiro atoms. The molecule has 6 nitrogen and oxygen atoms in total. The summed E-state index contributed by atoms with van der Waals surface area (Å²) in [4.78, 5) is 20.6. The lowest BCUT2D eigenvalue weighted by Crippen LogP contribution is -2.50. The minimum atomic E-state index is -1.85. The lowest BCUT2D eigenvalue weighted by Gasteiger charge is -2.39. The van der Waals surface area contributed by atoms with E-state index in [-0.39, 0.29) is 23.2 Å². The SMILES string of the molecule is Cc1sc([C@@H](N)[C@H]2CCCCN2C(=O)OC(C)(C)C)nc1CO[Si](C)(C)C(C)(C)C. The average Bonchev–Trinajstić information content (AvgIpc) is 2.98. The highest BCUT2D eigenvalue weighted by Gasteiger charge is 2.38. The highest BCUT2D eigenvalue weighted by atomic mass is 32.1. The highest BCUT2D eigenvalue weighted by molar-refractivity contribution is 7.11. The van der Waals surface area contributed by atoms with Crippen LogP contribution in [-0.2, 0) is 15.8 Å². The summed E-state index contributed by atoms with van der Waals surface area (Å²) in [7, 11) is -1.85. The minimum Gasteiger partial charge on any atom is -0.444 e. The van der Waals surface area contributed by atoms with Gasteiger partial charge in [0.05, 0.1) is 24.4 Å². The Labute approximate surface area is 187 Å². The van der Waals surface area contributed by atoms with E-state index in [0.717, 1.165) is 34.8 Å². The number of aromatic nitrogens is 1. The van der Waals surface area contributed by atoms with Gasteiger partial charge in [-0.3, -0.25) is 0 Å². The first-order chi connectivity index (χ1) is 13.6. The maximum Gasteiger partial charge on any atom is 0.410 e. The van der Waals surface area contributed by atoms with Gasteiger partial charge in [-0.15, -0.1) is 11.3 Å². The Balaban J connectivity index is 2.14. The smallest absolute Gasteiger partial charge is 0.410 e.